The Hall–Kier alpha value is -0.870. The van der Waals surface area contributed by atoms with Gasteiger partial charge in [0.15, 0.2) is 0 Å². The number of benzene rings is 1. The van der Waals surface area contributed by atoms with Crippen molar-refractivity contribution < 1.29 is 9.53 Å². The molecule has 15 heavy (non-hydrogen) atoms. The second-order valence-corrected chi connectivity index (χ2v) is 4.22. The molecule has 1 aromatic rings. The van der Waals surface area contributed by atoms with Crippen molar-refractivity contribution in [1.82, 2.24) is 0 Å². The van der Waals surface area contributed by atoms with E-state index in [1.54, 1.807) is 30.0 Å². The molecule has 2 N–H and O–H groups in total. The molecule has 5 heteroatoms. The average Bonchev–Trinajstić information content (AvgIpc) is 2.22. The summed E-state index contributed by atoms with van der Waals surface area (Å²) in [6.45, 7) is 0.381. The van der Waals surface area contributed by atoms with Crippen molar-refractivity contribution in [3.05, 3.63) is 28.8 Å². The molecular formula is C10H12ClNO2S. The third kappa shape index (κ3) is 3.32. The van der Waals surface area contributed by atoms with Gasteiger partial charge < -0.3 is 10.5 Å². The molecule has 0 atom stereocenters. The number of carbonyl (C=O) groups is 1. The van der Waals surface area contributed by atoms with Crippen LogP contribution in [0.15, 0.2) is 18.2 Å². The summed E-state index contributed by atoms with van der Waals surface area (Å²) in [5.41, 5.74) is 6.24. The van der Waals surface area contributed by atoms with Gasteiger partial charge in [0.25, 0.3) is 0 Å². The fraction of sp³-hybridized carbons (Fsp3) is 0.300. The van der Waals surface area contributed by atoms with Gasteiger partial charge >= 0.3 is 5.97 Å². The molecule has 0 bridgehead atoms. The molecule has 0 aromatic heterocycles. The zero-order chi connectivity index (χ0) is 11.3. The molecule has 0 aliphatic heterocycles. The van der Waals surface area contributed by atoms with Crippen molar-refractivity contribution in [3.8, 4) is 0 Å². The fourth-order valence-electron chi connectivity index (χ4n) is 1.01. The smallest absolute Gasteiger partial charge is 0.340 e. The van der Waals surface area contributed by atoms with Gasteiger partial charge in [-0.15, -0.1) is 0 Å². The first-order valence-corrected chi connectivity index (χ1v) is 6.14. The van der Waals surface area contributed by atoms with Crippen LogP contribution in [0.1, 0.15) is 10.4 Å². The van der Waals surface area contributed by atoms with E-state index in [1.165, 1.54) is 0 Å². The maximum absolute atomic E-state index is 11.5. The highest BCUT2D eigenvalue weighted by molar-refractivity contribution is 7.98. The Morgan fingerprint density at radius 1 is 1.60 bits per heavy atom. The highest BCUT2D eigenvalue weighted by Gasteiger charge is 2.12. The minimum absolute atomic E-state index is 0.272. The molecule has 0 saturated heterocycles. The topological polar surface area (TPSA) is 52.3 Å². The van der Waals surface area contributed by atoms with Crippen molar-refractivity contribution in [3.63, 3.8) is 0 Å². The fourth-order valence-corrected chi connectivity index (χ4v) is 1.44. The van der Waals surface area contributed by atoms with Crippen LogP contribution in [0.3, 0.4) is 0 Å². The first kappa shape index (κ1) is 12.2. The van der Waals surface area contributed by atoms with Crippen LogP contribution in [0.5, 0.6) is 0 Å². The van der Waals surface area contributed by atoms with Gasteiger partial charge in [0.2, 0.25) is 0 Å². The predicted molar refractivity (Wildman–Crippen MR) is 64.5 cm³/mol. The summed E-state index contributed by atoms with van der Waals surface area (Å²) in [5, 5.41) is 0.370. The zero-order valence-corrected chi connectivity index (χ0v) is 9.90. The van der Waals surface area contributed by atoms with E-state index in [4.69, 9.17) is 22.1 Å². The van der Waals surface area contributed by atoms with Crippen LogP contribution in [0.25, 0.3) is 0 Å². The number of para-hydroxylation sites is 1. The third-order valence-corrected chi connectivity index (χ3v) is 2.70. The second kappa shape index (κ2) is 5.88. The van der Waals surface area contributed by atoms with E-state index in [1.807, 2.05) is 6.26 Å². The number of hydrogen-bond donors (Lipinski definition) is 1. The van der Waals surface area contributed by atoms with Crippen molar-refractivity contribution in [2.45, 2.75) is 0 Å². The number of rotatable bonds is 4. The third-order valence-electron chi connectivity index (χ3n) is 1.79. The number of nitrogens with two attached hydrogens (primary N) is 1. The standard InChI is InChI=1S/C10H12ClNO2S/c1-15-6-5-14-10(13)7-3-2-4-8(11)9(7)12/h2-4H,5-6,12H2,1H3. The summed E-state index contributed by atoms with van der Waals surface area (Å²) >= 11 is 7.39. The van der Waals surface area contributed by atoms with E-state index in [0.717, 1.165) is 5.75 Å². The van der Waals surface area contributed by atoms with Crippen LogP contribution in [-0.4, -0.2) is 24.6 Å². The van der Waals surface area contributed by atoms with Gasteiger partial charge in [-0.05, 0) is 18.4 Å². The molecule has 0 heterocycles. The Morgan fingerprint density at radius 3 is 3.00 bits per heavy atom. The molecule has 1 aromatic carbocycles. The van der Waals surface area contributed by atoms with Gasteiger partial charge in [-0.3, -0.25) is 0 Å². The van der Waals surface area contributed by atoms with E-state index >= 15 is 0 Å². The summed E-state index contributed by atoms with van der Waals surface area (Å²) in [7, 11) is 0. The molecule has 0 spiro atoms. The van der Waals surface area contributed by atoms with Crippen LogP contribution in [0, 0.1) is 0 Å². The average molecular weight is 246 g/mol. The molecule has 0 saturated carbocycles. The van der Waals surface area contributed by atoms with Crippen LogP contribution >= 0.6 is 23.4 Å². The SMILES string of the molecule is CSCCOC(=O)c1cccc(Cl)c1N. The lowest BCUT2D eigenvalue weighted by Gasteiger charge is -2.07. The van der Waals surface area contributed by atoms with Crippen molar-refractivity contribution in [1.29, 1.82) is 0 Å². The number of thioether (sulfide) groups is 1. The minimum Gasteiger partial charge on any atom is -0.461 e. The Balaban J connectivity index is 2.69. The second-order valence-electron chi connectivity index (χ2n) is 2.83. The van der Waals surface area contributed by atoms with Crippen molar-refractivity contribution in [2.75, 3.05) is 24.3 Å². The summed E-state index contributed by atoms with van der Waals surface area (Å²) < 4.78 is 5.01. The molecule has 0 fully saturated rings. The molecule has 0 unspecified atom stereocenters. The molecule has 1 rings (SSSR count). The lowest BCUT2D eigenvalue weighted by Crippen LogP contribution is -2.10. The lowest BCUT2D eigenvalue weighted by molar-refractivity contribution is 0.0531. The highest BCUT2D eigenvalue weighted by Crippen LogP contribution is 2.22. The van der Waals surface area contributed by atoms with E-state index < -0.39 is 5.97 Å². The number of esters is 1. The normalized spacial score (nSPS) is 10.0. The van der Waals surface area contributed by atoms with Crippen LogP contribution in [-0.2, 0) is 4.74 Å². The lowest BCUT2D eigenvalue weighted by atomic mass is 10.2. The molecule has 3 nitrogen and oxygen atoms in total. The van der Waals surface area contributed by atoms with Crippen LogP contribution < -0.4 is 5.73 Å². The molecular weight excluding hydrogens is 234 g/mol. The first-order chi connectivity index (χ1) is 7.16. The monoisotopic (exact) mass is 245 g/mol. The zero-order valence-electron chi connectivity index (χ0n) is 8.33. The Morgan fingerprint density at radius 2 is 2.33 bits per heavy atom. The summed E-state index contributed by atoms with van der Waals surface area (Å²) in [4.78, 5) is 11.5. The number of ether oxygens (including phenoxy) is 1. The van der Waals surface area contributed by atoms with Crippen LogP contribution in [0.2, 0.25) is 5.02 Å². The van der Waals surface area contributed by atoms with Crippen molar-refractivity contribution >= 4 is 35.0 Å². The molecule has 0 amide bonds. The number of anilines is 1. The largest absolute Gasteiger partial charge is 0.461 e. The quantitative estimate of drug-likeness (QED) is 0.503. The van der Waals surface area contributed by atoms with Gasteiger partial charge in [-0.2, -0.15) is 11.8 Å². The van der Waals surface area contributed by atoms with E-state index in [-0.39, 0.29) is 5.69 Å². The summed E-state index contributed by atoms with van der Waals surface area (Å²) in [6.07, 6.45) is 1.95. The van der Waals surface area contributed by atoms with Gasteiger partial charge in [-0.1, -0.05) is 17.7 Å². The molecule has 0 aliphatic carbocycles. The van der Waals surface area contributed by atoms with Gasteiger partial charge in [0.05, 0.1) is 16.3 Å². The Bertz CT molecular complexity index is 357. The summed E-state index contributed by atoms with van der Waals surface area (Å²) in [6, 6.07) is 4.90. The summed E-state index contributed by atoms with van der Waals surface area (Å²) in [5.74, 6) is 0.343. The van der Waals surface area contributed by atoms with E-state index in [9.17, 15) is 4.79 Å². The Labute approximate surface area is 97.9 Å². The highest BCUT2D eigenvalue weighted by atomic mass is 35.5. The number of hydrogen-bond acceptors (Lipinski definition) is 4. The van der Waals surface area contributed by atoms with Gasteiger partial charge in [0, 0.05) is 5.75 Å². The van der Waals surface area contributed by atoms with E-state index in [2.05, 4.69) is 0 Å². The molecule has 82 valence electrons. The van der Waals surface area contributed by atoms with Crippen LogP contribution in [0.4, 0.5) is 5.69 Å². The van der Waals surface area contributed by atoms with E-state index in [0.29, 0.717) is 17.2 Å². The Kier molecular flexibility index (Phi) is 4.78. The molecule has 0 radical (unpaired) electrons. The predicted octanol–water partition coefficient (Wildman–Crippen LogP) is 2.44. The maximum Gasteiger partial charge on any atom is 0.340 e. The first-order valence-electron chi connectivity index (χ1n) is 4.37. The number of halogens is 1. The van der Waals surface area contributed by atoms with Crippen molar-refractivity contribution in [2.24, 2.45) is 0 Å². The molecule has 0 aliphatic rings. The van der Waals surface area contributed by atoms with Gasteiger partial charge in [-0.25, -0.2) is 4.79 Å². The number of carbonyl (C=O) groups excluding carboxylic acids is 1. The van der Waals surface area contributed by atoms with Gasteiger partial charge in [0.1, 0.15) is 6.61 Å². The number of nitrogen functional groups attached to an aromatic ring is 1. The maximum atomic E-state index is 11.5. The minimum atomic E-state index is -0.427.